The highest BCUT2D eigenvalue weighted by molar-refractivity contribution is 6.09. The van der Waals surface area contributed by atoms with Crippen LogP contribution in [0.2, 0.25) is 0 Å². The fourth-order valence-electron chi connectivity index (χ4n) is 3.16. The smallest absolute Gasteiger partial charge is 0.266 e. The van der Waals surface area contributed by atoms with Gasteiger partial charge in [-0.15, -0.1) is 0 Å². The Bertz CT molecular complexity index is 1100. The number of aromatic hydroxyl groups is 1. The molecule has 0 atom stereocenters. The van der Waals surface area contributed by atoms with E-state index in [4.69, 9.17) is 0 Å². The predicted octanol–water partition coefficient (Wildman–Crippen LogP) is 4.65. The van der Waals surface area contributed by atoms with Gasteiger partial charge in [0.2, 0.25) is 0 Å². The summed E-state index contributed by atoms with van der Waals surface area (Å²) in [6.45, 7) is 5.82. The van der Waals surface area contributed by atoms with Crippen LogP contribution in [0.4, 0.5) is 5.69 Å². The third-order valence-electron chi connectivity index (χ3n) is 4.52. The van der Waals surface area contributed by atoms with E-state index in [1.54, 1.807) is 24.3 Å². The zero-order valence-electron chi connectivity index (χ0n) is 16.0. The first kappa shape index (κ1) is 19.0. The molecule has 3 aromatic rings. The van der Waals surface area contributed by atoms with Crippen LogP contribution in [-0.2, 0) is 4.79 Å². The molecule has 5 heteroatoms. The molecule has 1 heterocycles. The van der Waals surface area contributed by atoms with E-state index < -0.39 is 5.91 Å². The maximum Gasteiger partial charge on any atom is 0.266 e. The van der Waals surface area contributed by atoms with E-state index >= 15 is 0 Å². The number of benzene rings is 2. The predicted molar refractivity (Wildman–Crippen MR) is 110 cm³/mol. The van der Waals surface area contributed by atoms with Crippen LogP contribution < -0.4 is 5.32 Å². The molecule has 0 aliphatic heterocycles. The van der Waals surface area contributed by atoms with Crippen molar-refractivity contribution in [3.63, 3.8) is 0 Å². The molecule has 0 fully saturated rings. The highest BCUT2D eigenvalue weighted by atomic mass is 16.3. The second-order valence-corrected chi connectivity index (χ2v) is 6.67. The minimum atomic E-state index is -0.442. The fourth-order valence-corrected chi connectivity index (χ4v) is 3.16. The SMILES string of the molecule is Cc1cccc(NC(=O)/C(C#N)=C\c2cc(C)n(-c3ccc(O)cc3)c2C)c1. The van der Waals surface area contributed by atoms with E-state index in [2.05, 4.69) is 5.32 Å². The Morgan fingerprint density at radius 2 is 1.82 bits per heavy atom. The fraction of sp³-hybridized carbons (Fsp3) is 0.130. The summed E-state index contributed by atoms with van der Waals surface area (Å²) in [5.41, 5.74) is 5.27. The molecular formula is C23H21N3O2. The third kappa shape index (κ3) is 3.97. The number of carbonyl (C=O) groups is 1. The number of anilines is 1. The number of hydrogen-bond donors (Lipinski definition) is 2. The minimum absolute atomic E-state index is 0.0347. The van der Waals surface area contributed by atoms with Crippen LogP contribution in [0, 0.1) is 32.1 Å². The first-order chi connectivity index (χ1) is 13.4. The largest absolute Gasteiger partial charge is 0.508 e. The average molecular weight is 371 g/mol. The van der Waals surface area contributed by atoms with Crippen molar-refractivity contribution in [2.75, 3.05) is 5.32 Å². The van der Waals surface area contributed by atoms with Crippen LogP contribution in [-0.4, -0.2) is 15.6 Å². The van der Waals surface area contributed by atoms with Crippen molar-refractivity contribution >= 4 is 17.7 Å². The Balaban J connectivity index is 1.93. The maximum atomic E-state index is 12.5. The molecule has 0 radical (unpaired) electrons. The van der Waals surface area contributed by atoms with Gasteiger partial charge in [0.05, 0.1) is 0 Å². The lowest BCUT2D eigenvalue weighted by Gasteiger charge is -2.09. The second-order valence-electron chi connectivity index (χ2n) is 6.67. The van der Waals surface area contributed by atoms with Gasteiger partial charge in [-0.2, -0.15) is 5.26 Å². The van der Waals surface area contributed by atoms with Crippen LogP contribution in [0.3, 0.4) is 0 Å². The van der Waals surface area contributed by atoms with Crippen molar-refractivity contribution in [3.05, 3.63) is 82.7 Å². The number of aromatic nitrogens is 1. The van der Waals surface area contributed by atoms with E-state index in [-0.39, 0.29) is 11.3 Å². The Labute approximate surface area is 164 Å². The Hall–Kier alpha value is -3.78. The molecule has 0 saturated carbocycles. The maximum absolute atomic E-state index is 12.5. The van der Waals surface area contributed by atoms with Crippen molar-refractivity contribution < 1.29 is 9.90 Å². The summed E-state index contributed by atoms with van der Waals surface area (Å²) >= 11 is 0. The minimum Gasteiger partial charge on any atom is -0.508 e. The summed E-state index contributed by atoms with van der Waals surface area (Å²) in [6, 6.07) is 18.2. The number of nitrogens with zero attached hydrogens (tertiary/aromatic N) is 2. The summed E-state index contributed by atoms with van der Waals surface area (Å²) in [5, 5.41) is 21.8. The van der Waals surface area contributed by atoms with Crippen molar-refractivity contribution in [2.45, 2.75) is 20.8 Å². The van der Waals surface area contributed by atoms with E-state index in [1.165, 1.54) is 0 Å². The molecule has 3 rings (SSSR count). The molecular weight excluding hydrogens is 350 g/mol. The number of carbonyl (C=O) groups excluding carboxylic acids is 1. The number of aryl methyl sites for hydroxylation is 2. The van der Waals surface area contributed by atoms with Crippen molar-refractivity contribution in [3.8, 4) is 17.5 Å². The first-order valence-corrected chi connectivity index (χ1v) is 8.87. The van der Waals surface area contributed by atoms with E-state index in [1.807, 2.05) is 67.8 Å². The van der Waals surface area contributed by atoms with Crippen LogP contribution in [0.25, 0.3) is 11.8 Å². The molecule has 1 amide bonds. The van der Waals surface area contributed by atoms with Crippen molar-refractivity contribution in [1.29, 1.82) is 5.26 Å². The van der Waals surface area contributed by atoms with Gasteiger partial charge < -0.3 is 15.0 Å². The summed E-state index contributed by atoms with van der Waals surface area (Å²) in [4.78, 5) is 12.5. The summed E-state index contributed by atoms with van der Waals surface area (Å²) in [7, 11) is 0. The monoisotopic (exact) mass is 371 g/mol. The lowest BCUT2D eigenvalue weighted by molar-refractivity contribution is -0.112. The molecule has 2 N–H and O–H groups in total. The highest BCUT2D eigenvalue weighted by Gasteiger charge is 2.14. The Morgan fingerprint density at radius 1 is 1.11 bits per heavy atom. The van der Waals surface area contributed by atoms with Crippen LogP contribution >= 0.6 is 0 Å². The standard InChI is InChI=1S/C23H21N3O2/c1-15-5-4-6-20(11-15)25-23(28)19(14-24)13-18-12-16(2)26(17(18)3)21-7-9-22(27)10-8-21/h4-13,27H,1-3H3,(H,25,28)/b19-13-. The number of hydrogen-bond acceptors (Lipinski definition) is 3. The molecule has 5 nitrogen and oxygen atoms in total. The number of nitriles is 1. The molecule has 2 aromatic carbocycles. The number of nitrogens with one attached hydrogen (secondary N) is 1. The Morgan fingerprint density at radius 3 is 2.46 bits per heavy atom. The van der Waals surface area contributed by atoms with Gasteiger partial charge in [-0.3, -0.25) is 4.79 Å². The lowest BCUT2D eigenvalue weighted by Crippen LogP contribution is -2.13. The molecule has 0 spiro atoms. The topological polar surface area (TPSA) is 78.0 Å². The van der Waals surface area contributed by atoms with Crippen molar-refractivity contribution in [2.24, 2.45) is 0 Å². The van der Waals surface area contributed by atoms with Gasteiger partial charge in [0.25, 0.3) is 5.91 Å². The molecule has 0 saturated heterocycles. The van der Waals surface area contributed by atoms with E-state index in [0.29, 0.717) is 5.69 Å². The van der Waals surface area contributed by atoms with Gasteiger partial charge >= 0.3 is 0 Å². The first-order valence-electron chi connectivity index (χ1n) is 8.87. The second kappa shape index (κ2) is 7.85. The van der Waals surface area contributed by atoms with Crippen LogP contribution in [0.5, 0.6) is 5.75 Å². The molecule has 28 heavy (non-hydrogen) atoms. The van der Waals surface area contributed by atoms with Gasteiger partial charge in [0.1, 0.15) is 17.4 Å². The van der Waals surface area contributed by atoms with Crippen molar-refractivity contribution in [1.82, 2.24) is 4.57 Å². The van der Waals surface area contributed by atoms with Gasteiger partial charge in [-0.05, 0) is 80.4 Å². The molecule has 1 aromatic heterocycles. The summed E-state index contributed by atoms with van der Waals surface area (Å²) in [5.74, 6) is -0.242. The number of rotatable bonds is 4. The lowest BCUT2D eigenvalue weighted by atomic mass is 10.1. The summed E-state index contributed by atoms with van der Waals surface area (Å²) in [6.07, 6.45) is 1.60. The van der Waals surface area contributed by atoms with Gasteiger partial charge in [-0.25, -0.2) is 0 Å². The number of amides is 1. The van der Waals surface area contributed by atoms with E-state index in [9.17, 15) is 15.2 Å². The normalized spacial score (nSPS) is 11.1. The quantitative estimate of drug-likeness (QED) is 0.517. The molecule has 0 aliphatic carbocycles. The third-order valence-corrected chi connectivity index (χ3v) is 4.52. The zero-order valence-corrected chi connectivity index (χ0v) is 16.0. The Kier molecular flexibility index (Phi) is 5.32. The molecule has 140 valence electrons. The molecule has 0 bridgehead atoms. The number of phenols is 1. The van der Waals surface area contributed by atoms with Gasteiger partial charge in [0, 0.05) is 22.8 Å². The van der Waals surface area contributed by atoms with Crippen LogP contribution in [0.15, 0.2) is 60.2 Å². The average Bonchev–Trinajstić information content (AvgIpc) is 2.94. The number of phenolic OH excluding ortho intramolecular Hbond substituents is 1. The highest BCUT2D eigenvalue weighted by Crippen LogP contribution is 2.24. The van der Waals surface area contributed by atoms with Crippen LogP contribution in [0.1, 0.15) is 22.5 Å². The van der Waals surface area contributed by atoms with Gasteiger partial charge in [-0.1, -0.05) is 12.1 Å². The zero-order chi connectivity index (χ0) is 20.3. The molecule has 0 aliphatic rings. The summed E-state index contributed by atoms with van der Waals surface area (Å²) < 4.78 is 2.01. The molecule has 0 unspecified atom stereocenters. The van der Waals surface area contributed by atoms with Gasteiger partial charge in [0.15, 0.2) is 0 Å². The van der Waals surface area contributed by atoms with E-state index in [0.717, 1.165) is 28.2 Å².